The molecule has 3 aromatic carbocycles. The van der Waals surface area contributed by atoms with Gasteiger partial charge in [-0.1, -0.05) is 49.2 Å². The summed E-state index contributed by atoms with van der Waals surface area (Å²) in [4.78, 5) is 27.7. The second-order valence-corrected chi connectivity index (χ2v) is 9.85. The Morgan fingerprint density at radius 3 is 2.36 bits per heavy atom. The molecule has 0 bridgehead atoms. The van der Waals surface area contributed by atoms with Crippen LogP contribution in [0, 0.1) is 18.7 Å². The molecule has 0 aliphatic carbocycles. The van der Waals surface area contributed by atoms with Gasteiger partial charge in [-0.25, -0.2) is 4.39 Å². The lowest BCUT2D eigenvalue weighted by atomic mass is 9.94. The Kier molecular flexibility index (Phi) is 7.38. The van der Waals surface area contributed by atoms with Crippen molar-refractivity contribution in [2.24, 2.45) is 5.92 Å². The molecule has 0 radical (unpaired) electrons. The van der Waals surface area contributed by atoms with Gasteiger partial charge in [0, 0.05) is 16.3 Å². The standard InChI is InChI=1S/C28H24Cl2FNO4/c1-15(2)14-36-23-11-6-18(12-16(23)3)26(33)24-25(17-4-7-19(29)8-5-17)32(28(35)27(24)34)20-9-10-22(31)21(30)13-20/h4-13,15,25,33H,14H2,1-3H3/b26-24+. The molecule has 3 aromatic rings. The summed E-state index contributed by atoms with van der Waals surface area (Å²) in [6.07, 6.45) is 0. The SMILES string of the molecule is Cc1cc(/C(O)=C2\C(=O)C(=O)N(c3ccc(F)c(Cl)c3)C2c2ccc(Cl)cc2)ccc1OCC(C)C. The summed E-state index contributed by atoms with van der Waals surface area (Å²) in [5, 5.41) is 11.6. The van der Waals surface area contributed by atoms with E-state index in [1.54, 1.807) is 42.5 Å². The van der Waals surface area contributed by atoms with Gasteiger partial charge in [0.1, 0.15) is 17.3 Å². The van der Waals surface area contributed by atoms with E-state index in [4.69, 9.17) is 27.9 Å². The van der Waals surface area contributed by atoms with Crippen molar-refractivity contribution >= 4 is 46.3 Å². The molecule has 1 amide bonds. The van der Waals surface area contributed by atoms with Gasteiger partial charge >= 0.3 is 0 Å². The fraction of sp³-hybridized carbons (Fsp3) is 0.214. The van der Waals surface area contributed by atoms with E-state index in [1.807, 2.05) is 20.8 Å². The van der Waals surface area contributed by atoms with E-state index in [0.29, 0.717) is 34.4 Å². The first-order chi connectivity index (χ1) is 17.1. The van der Waals surface area contributed by atoms with E-state index in [-0.39, 0.29) is 22.0 Å². The van der Waals surface area contributed by atoms with E-state index in [2.05, 4.69) is 0 Å². The molecule has 1 fully saturated rings. The molecule has 1 saturated heterocycles. The predicted octanol–water partition coefficient (Wildman–Crippen LogP) is 7.10. The lowest BCUT2D eigenvalue weighted by Crippen LogP contribution is -2.29. The van der Waals surface area contributed by atoms with Crippen LogP contribution in [-0.4, -0.2) is 23.4 Å². The van der Waals surface area contributed by atoms with Crippen molar-refractivity contribution in [1.29, 1.82) is 0 Å². The van der Waals surface area contributed by atoms with Gasteiger partial charge in [-0.2, -0.15) is 0 Å². The quantitative estimate of drug-likeness (QED) is 0.211. The molecule has 5 nitrogen and oxygen atoms in total. The van der Waals surface area contributed by atoms with Crippen LogP contribution in [0.15, 0.2) is 66.2 Å². The lowest BCUT2D eigenvalue weighted by molar-refractivity contribution is -0.132. The predicted molar refractivity (Wildman–Crippen MR) is 139 cm³/mol. The molecular weight excluding hydrogens is 504 g/mol. The number of hydrogen-bond donors (Lipinski definition) is 1. The number of carbonyl (C=O) groups excluding carboxylic acids is 2. The average molecular weight is 528 g/mol. The third kappa shape index (κ3) is 4.97. The molecule has 0 aromatic heterocycles. The van der Waals surface area contributed by atoms with Crippen LogP contribution in [0.5, 0.6) is 5.75 Å². The number of Topliss-reactive ketones (excluding diaryl/α,β-unsaturated/α-hetero) is 1. The van der Waals surface area contributed by atoms with Crippen molar-refractivity contribution in [2.75, 3.05) is 11.5 Å². The molecule has 4 rings (SSSR count). The minimum atomic E-state index is -0.985. The van der Waals surface area contributed by atoms with E-state index in [9.17, 15) is 19.1 Å². The summed E-state index contributed by atoms with van der Waals surface area (Å²) >= 11 is 12.0. The number of amides is 1. The second kappa shape index (κ2) is 10.3. The number of aryl methyl sites for hydroxylation is 1. The third-order valence-electron chi connectivity index (χ3n) is 5.83. The monoisotopic (exact) mass is 527 g/mol. The normalized spacial score (nSPS) is 17.2. The number of hydrogen-bond acceptors (Lipinski definition) is 4. The molecule has 1 aliphatic heterocycles. The highest BCUT2D eigenvalue weighted by Crippen LogP contribution is 2.43. The maximum absolute atomic E-state index is 13.8. The number of rotatable bonds is 6. The fourth-order valence-corrected chi connectivity index (χ4v) is 4.37. The zero-order chi connectivity index (χ0) is 26.1. The van der Waals surface area contributed by atoms with Gasteiger partial charge in [0.05, 0.1) is 23.2 Å². The van der Waals surface area contributed by atoms with E-state index in [0.717, 1.165) is 11.6 Å². The Morgan fingerprint density at radius 2 is 1.75 bits per heavy atom. The number of carbonyl (C=O) groups is 2. The van der Waals surface area contributed by atoms with Gasteiger partial charge < -0.3 is 9.84 Å². The van der Waals surface area contributed by atoms with Crippen molar-refractivity contribution in [3.63, 3.8) is 0 Å². The van der Waals surface area contributed by atoms with Crippen molar-refractivity contribution in [2.45, 2.75) is 26.8 Å². The van der Waals surface area contributed by atoms with Crippen molar-refractivity contribution in [1.82, 2.24) is 0 Å². The minimum Gasteiger partial charge on any atom is -0.507 e. The van der Waals surface area contributed by atoms with Crippen LogP contribution in [0.25, 0.3) is 5.76 Å². The lowest BCUT2D eigenvalue weighted by Gasteiger charge is -2.25. The van der Waals surface area contributed by atoms with Gasteiger partial charge in [0.15, 0.2) is 0 Å². The van der Waals surface area contributed by atoms with Crippen LogP contribution < -0.4 is 9.64 Å². The molecule has 0 spiro atoms. The molecule has 1 aliphatic rings. The first kappa shape index (κ1) is 25.7. The Balaban J connectivity index is 1.86. The molecule has 1 heterocycles. The van der Waals surface area contributed by atoms with Crippen molar-refractivity contribution in [3.05, 3.63) is 98.8 Å². The molecule has 1 unspecified atom stereocenters. The largest absolute Gasteiger partial charge is 0.507 e. The van der Waals surface area contributed by atoms with Crippen LogP contribution in [0.1, 0.15) is 36.6 Å². The van der Waals surface area contributed by atoms with Crippen LogP contribution in [-0.2, 0) is 9.59 Å². The maximum atomic E-state index is 13.8. The van der Waals surface area contributed by atoms with Gasteiger partial charge in [0.2, 0.25) is 0 Å². The number of ketones is 1. The van der Waals surface area contributed by atoms with Gasteiger partial charge in [-0.05, 0) is 72.5 Å². The summed E-state index contributed by atoms with van der Waals surface area (Å²) < 4.78 is 19.7. The summed E-state index contributed by atoms with van der Waals surface area (Å²) in [5.41, 5.74) is 1.78. The zero-order valence-corrected chi connectivity index (χ0v) is 21.4. The molecule has 186 valence electrons. The summed E-state index contributed by atoms with van der Waals surface area (Å²) in [5.74, 6) is -1.72. The number of aliphatic hydroxyl groups excluding tert-OH is 1. The van der Waals surface area contributed by atoms with Gasteiger partial charge in [0.25, 0.3) is 11.7 Å². The number of aliphatic hydroxyl groups is 1. The number of ether oxygens (including phenoxy) is 1. The molecule has 8 heteroatoms. The van der Waals surface area contributed by atoms with E-state index < -0.39 is 23.5 Å². The Bertz CT molecular complexity index is 1370. The molecule has 36 heavy (non-hydrogen) atoms. The zero-order valence-electron chi connectivity index (χ0n) is 19.9. The Morgan fingerprint density at radius 1 is 1.06 bits per heavy atom. The molecule has 1 N–H and O–H groups in total. The minimum absolute atomic E-state index is 0.0991. The number of anilines is 1. The van der Waals surface area contributed by atoms with Crippen LogP contribution >= 0.6 is 23.2 Å². The van der Waals surface area contributed by atoms with Crippen LogP contribution in [0.4, 0.5) is 10.1 Å². The Labute approximate surface area is 218 Å². The first-order valence-corrected chi connectivity index (χ1v) is 12.1. The summed E-state index contributed by atoms with van der Waals surface area (Å²) in [6, 6.07) is 14.4. The third-order valence-corrected chi connectivity index (χ3v) is 6.37. The van der Waals surface area contributed by atoms with Crippen LogP contribution in [0.3, 0.4) is 0 Å². The summed E-state index contributed by atoms with van der Waals surface area (Å²) in [7, 11) is 0. The van der Waals surface area contributed by atoms with E-state index in [1.165, 1.54) is 17.0 Å². The van der Waals surface area contributed by atoms with Crippen LogP contribution in [0.2, 0.25) is 10.0 Å². The summed E-state index contributed by atoms with van der Waals surface area (Å²) in [6.45, 7) is 6.45. The van der Waals surface area contributed by atoms with Crippen molar-refractivity contribution < 1.29 is 23.8 Å². The number of halogens is 3. The second-order valence-electron chi connectivity index (χ2n) is 9.00. The smallest absolute Gasteiger partial charge is 0.300 e. The number of nitrogens with zero attached hydrogens (tertiary/aromatic N) is 1. The molecule has 0 saturated carbocycles. The maximum Gasteiger partial charge on any atom is 0.300 e. The highest BCUT2D eigenvalue weighted by Gasteiger charge is 2.47. The highest BCUT2D eigenvalue weighted by atomic mass is 35.5. The molecular formula is C28H24Cl2FNO4. The highest BCUT2D eigenvalue weighted by molar-refractivity contribution is 6.51. The van der Waals surface area contributed by atoms with Gasteiger partial charge in [-0.3, -0.25) is 14.5 Å². The van der Waals surface area contributed by atoms with Gasteiger partial charge in [-0.15, -0.1) is 0 Å². The van der Waals surface area contributed by atoms with Crippen molar-refractivity contribution in [3.8, 4) is 5.75 Å². The Hall–Kier alpha value is -3.35. The topological polar surface area (TPSA) is 66.8 Å². The molecule has 1 atom stereocenters. The van der Waals surface area contributed by atoms with E-state index >= 15 is 0 Å². The fourth-order valence-electron chi connectivity index (χ4n) is 4.06. The average Bonchev–Trinajstić information content (AvgIpc) is 3.10. The first-order valence-electron chi connectivity index (χ1n) is 11.3. The number of benzene rings is 3.